The zero-order chi connectivity index (χ0) is 17.3. The lowest BCUT2D eigenvalue weighted by Gasteiger charge is -2.13. The number of benzene rings is 1. The van der Waals surface area contributed by atoms with Crippen LogP contribution < -0.4 is 14.2 Å². The molecule has 0 radical (unpaired) electrons. The van der Waals surface area contributed by atoms with Crippen LogP contribution in [0.3, 0.4) is 0 Å². The maximum atomic E-state index is 5.42. The summed E-state index contributed by atoms with van der Waals surface area (Å²) in [6.45, 7) is 4.15. The lowest BCUT2D eigenvalue weighted by molar-refractivity contribution is 0.324. The molecular formula is C18H20N2O3S. The van der Waals surface area contributed by atoms with Crippen LogP contribution in [0.15, 0.2) is 29.6 Å². The van der Waals surface area contributed by atoms with Crippen molar-refractivity contribution in [2.45, 2.75) is 13.8 Å². The quantitative estimate of drug-likeness (QED) is 0.694. The number of hydrogen-bond acceptors (Lipinski definition) is 5. The first-order valence-corrected chi connectivity index (χ1v) is 8.38. The lowest BCUT2D eigenvalue weighted by Crippen LogP contribution is -1.98. The van der Waals surface area contributed by atoms with Crippen LogP contribution in [-0.4, -0.2) is 30.9 Å². The number of hydrogen-bond donors (Lipinski definition) is 0. The van der Waals surface area contributed by atoms with E-state index in [1.807, 2.05) is 17.5 Å². The van der Waals surface area contributed by atoms with E-state index >= 15 is 0 Å². The molecule has 0 fully saturated rings. The minimum atomic E-state index is 0.580. The highest BCUT2D eigenvalue weighted by Gasteiger charge is 2.16. The van der Waals surface area contributed by atoms with E-state index in [1.165, 1.54) is 11.4 Å². The minimum absolute atomic E-state index is 0.580. The molecule has 0 bridgehead atoms. The van der Waals surface area contributed by atoms with Gasteiger partial charge >= 0.3 is 0 Å². The summed E-state index contributed by atoms with van der Waals surface area (Å²) in [6.07, 6.45) is 0. The van der Waals surface area contributed by atoms with Crippen molar-refractivity contribution in [3.63, 3.8) is 0 Å². The van der Waals surface area contributed by atoms with E-state index in [1.54, 1.807) is 32.7 Å². The fourth-order valence-corrected chi connectivity index (χ4v) is 3.65. The van der Waals surface area contributed by atoms with E-state index in [9.17, 15) is 0 Å². The summed E-state index contributed by atoms with van der Waals surface area (Å²) < 4.78 is 18.4. The number of rotatable bonds is 5. The Morgan fingerprint density at radius 3 is 2.00 bits per heavy atom. The smallest absolute Gasteiger partial charge is 0.203 e. The summed E-state index contributed by atoms with van der Waals surface area (Å²) in [5.74, 6) is 1.82. The molecule has 2 aromatic heterocycles. The second-order valence-electron chi connectivity index (χ2n) is 5.38. The zero-order valence-electron chi connectivity index (χ0n) is 14.4. The topological polar surface area (TPSA) is 45.5 Å². The molecule has 0 aliphatic carbocycles. The summed E-state index contributed by atoms with van der Waals surface area (Å²) in [4.78, 5) is 4.78. The summed E-state index contributed by atoms with van der Waals surface area (Å²) in [7, 11) is 4.82. The average Bonchev–Trinajstić information content (AvgIpc) is 3.20. The first-order valence-electron chi connectivity index (χ1n) is 7.50. The Morgan fingerprint density at radius 2 is 1.50 bits per heavy atom. The molecule has 5 nitrogen and oxygen atoms in total. The molecule has 126 valence electrons. The fraction of sp³-hybridized carbons (Fsp3) is 0.278. The largest absolute Gasteiger partial charge is 0.493 e. The molecule has 0 atom stereocenters. The van der Waals surface area contributed by atoms with Crippen molar-refractivity contribution in [2.75, 3.05) is 21.3 Å². The van der Waals surface area contributed by atoms with Gasteiger partial charge in [0.05, 0.1) is 27.0 Å². The molecule has 2 heterocycles. The van der Waals surface area contributed by atoms with Crippen LogP contribution in [0.25, 0.3) is 16.4 Å². The highest BCUT2D eigenvalue weighted by molar-refractivity contribution is 7.12. The standard InChI is InChI=1S/C18H20N2O3S/c1-11-6-7-12(2)20(11)18-19-14(10-24-18)13-8-15(21-3)17(23-5)16(9-13)22-4/h6-10H,1-5H3. The van der Waals surface area contributed by atoms with Crippen LogP contribution >= 0.6 is 11.3 Å². The summed E-state index contributed by atoms with van der Waals surface area (Å²) in [6, 6.07) is 8.01. The number of aromatic nitrogens is 2. The van der Waals surface area contributed by atoms with Gasteiger partial charge in [-0.05, 0) is 38.1 Å². The van der Waals surface area contributed by atoms with Crippen molar-refractivity contribution in [3.8, 4) is 33.6 Å². The van der Waals surface area contributed by atoms with Gasteiger partial charge in [-0.25, -0.2) is 4.98 Å². The van der Waals surface area contributed by atoms with Gasteiger partial charge in [-0.1, -0.05) is 0 Å². The molecule has 6 heteroatoms. The van der Waals surface area contributed by atoms with Crippen molar-refractivity contribution >= 4 is 11.3 Å². The molecule has 0 unspecified atom stereocenters. The monoisotopic (exact) mass is 344 g/mol. The predicted molar refractivity (Wildman–Crippen MR) is 96.0 cm³/mol. The molecule has 3 rings (SSSR count). The maximum absolute atomic E-state index is 5.42. The Bertz CT molecular complexity index is 823. The van der Waals surface area contributed by atoms with E-state index in [2.05, 4.69) is 30.5 Å². The highest BCUT2D eigenvalue weighted by atomic mass is 32.1. The van der Waals surface area contributed by atoms with Gasteiger partial charge in [0, 0.05) is 22.3 Å². The van der Waals surface area contributed by atoms with Gasteiger partial charge in [0.1, 0.15) is 0 Å². The van der Waals surface area contributed by atoms with Crippen molar-refractivity contribution in [2.24, 2.45) is 0 Å². The van der Waals surface area contributed by atoms with Crippen molar-refractivity contribution < 1.29 is 14.2 Å². The molecule has 0 N–H and O–H groups in total. The van der Waals surface area contributed by atoms with Gasteiger partial charge in [0.2, 0.25) is 5.75 Å². The van der Waals surface area contributed by atoms with Crippen LogP contribution in [0.5, 0.6) is 17.2 Å². The summed E-state index contributed by atoms with van der Waals surface area (Å²) in [5, 5.41) is 2.98. The Labute approximate surface area is 145 Å². The van der Waals surface area contributed by atoms with E-state index in [0.29, 0.717) is 17.2 Å². The SMILES string of the molecule is COc1cc(-c2csc(-n3c(C)ccc3C)n2)cc(OC)c1OC. The minimum Gasteiger partial charge on any atom is -0.493 e. The van der Waals surface area contributed by atoms with Crippen molar-refractivity contribution in [3.05, 3.63) is 41.0 Å². The lowest BCUT2D eigenvalue weighted by atomic mass is 10.1. The van der Waals surface area contributed by atoms with E-state index < -0.39 is 0 Å². The molecule has 3 aromatic rings. The van der Waals surface area contributed by atoms with E-state index in [4.69, 9.17) is 19.2 Å². The third-order valence-electron chi connectivity index (χ3n) is 3.91. The first-order chi connectivity index (χ1) is 11.6. The molecule has 0 spiro atoms. The predicted octanol–water partition coefficient (Wildman–Crippen LogP) is 4.24. The third kappa shape index (κ3) is 2.73. The van der Waals surface area contributed by atoms with Crippen LogP contribution in [0.2, 0.25) is 0 Å². The zero-order valence-corrected chi connectivity index (χ0v) is 15.2. The molecular weight excluding hydrogens is 324 g/mol. The van der Waals surface area contributed by atoms with E-state index in [-0.39, 0.29) is 0 Å². The van der Waals surface area contributed by atoms with Crippen LogP contribution in [0, 0.1) is 13.8 Å². The molecule has 0 amide bonds. The number of ether oxygens (including phenoxy) is 3. The molecule has 0 saturated heterocycles. The second-order valence-corrected chi connectivity index (χ2v) is 6.22. The number of thiazole rings is 1. The van der Waals surface area contributed by atoms with Gasteiger partial charge in [0.15, 0.2) is 16.6 Å². The van der Waals surface area contributed by atoms with Gasteiger partial charge in [-0.3, -0.25) is 4.57 Å². The van der Waals surface area contributed by atoms with E-state index in [0.717, 1.165) is 16.4 Å². The molecule has 0 aliphatic rings. The Balaban J connectivity index is 2.07. The fourth-order valence-electron chi connectivity index (χ4n) is 2.70. The van der Waals surface area contributed by atoms with Crippen molar-refractivity contribution in [1.29, 1.82) is 0 Å². The molecule has 0 aliphatic heterocycles. The number of nitrogens with zero attached hydrogens (tertiary/aromatic N) is 2. The van der Waals surface area contributed by atoms with Crippen LogP contribution in [0.1, 0.15) is 11.4 Å². The van der Waals surface area contributed by atoms with Gasteiger partial charge in [-0.15, -0.1) is 11.3 Å². The second kappa shape index (κ2) is 6.57. The van der Waals surface area contributed by atoms with Gasteiger partial charge in [-0.2, -0.15) is 0 Å². The Kier molecular flexibility index (Phi) is 4.49. The first kappa shape index (κ1) is 16.4. The van der Waals surface area contributed by atoms with Crippen molar-refractivity contribution in [1.82, 2.24) is 9.55 Å². The summed E-state index contributed by atoms with van der Waals surface area (Å²) >= 11 is 1.61. The van der Waals surface area contributed by atoms with Crippen LogP contribution in [0.4, 0.5) is 0 Å². The third-order valence-corrected chi connectivity index (χ3v) is 4.74. The van der Waals surface area contributed by atoms with Crippen LogP contribution in [-0.2, 0) is 0 Å². The molecule has 24 heavy (non-hydrogen) atoms. The Hall–Kier alpha value is -2.47. The Morgan fingerprint density at radius 1 is 0.917 bits per heavy atom. The molecule has 1 aromatic carbocycles. The number of methoxy groups -OCH3 is 3. The number of aryl methyl sites for hydroxylation is 2. The summed E-state index contributed by atoms with van der Waals surface area (Å²) in [5.41, 5.74) is 4.13. The van der Waals surface area contributed by atoms with Gasteiger partial charge in [0.25, 0.3) is 0 Å². The average molecular weight is 344 g/mol. The maximum Gasteiger partial charge on any atom is 0.203 e. The van der Waals surface area contributed by atoms with Gasteiger partial charge < -0.3 is 14.2 Å². The highest BCUT2D eigenvalue weighted by Crippen LogP contribution is 2.41. The normalized spacial score (nSPS) is 10.7. The molecule has 0 saturated carbocycles.